The Kier molecular flexibility index (Phi) is 11.6. The molecule has 2 aromatic rings. The molecule has 0 aliphatic rings. The second-order valence-corrected chi connectivity index (χ2v) is 9.79. The van der Waals surface area contributed by atoms with Crippen molar-refractivity contribution in [2.24, 2.45) is 11.5 Å². The van der Waals surface area contributed by atoms with Crippen LogP contribution in [0.15, 0.2) is 30.5 Å². The highest BCUT2D eigenvalue weighted by Crippen LogP contribution is 2.19. The van der Waals surface area contributed by atoms with Gasteiger partial charge in [-0.3, -0.25) is 19.2 Å². The topological polar surface area (TPSA) is 230 Å². The quantitative estimate of drug-likeness (QED) is 0.130. The third kappa shape index (κ3) is 8.75. The molecule has 5 unspecified atom stereocenters. The maximum Gasteiger partial charge on any atom is 0.326 e. The number of H-pyrrole nitrogens is 1. The lowest BCUT2D eigenvalue weighted by Crippen LogP contribution is -2.59. The Morgan fingerprint density at radius 1 is 1.00 bits per heavy atom. The number of rotatable bonds is 15. The summed E-state index contributed by atoms with van der Waals surface area (Å²) in [6.45, 7) is 1.28. The van der Waals surface area contributed by atoms with Crippen LogP contribution in [-0.4, -0.2) is 87.1 Å². The molecule has 14 heteroatoms. The van der Waals surface area contributed by atoms with Gasteiger partial charge in [0.25, 0.3) is 0 Å². The molecule has 5 atom stereocenters. The van der Waals surface area contributed by atoms with Crippen LogP contribution in [0, 0.1) is 0 Å². The number of aliphatic hydroxyl groups excluding tert-OH is 1. The van der Waals surface area contributed by atoms with E-state index in [2.05, 4.69) is 20.9 Å². The molecule has 13 nitrogen and oxygen atoms in total. The number of hydrogen-bond acceptors (Lipinski definition) is 8. The van der Waals surface area contributed by atoms with Gasteiger partial charge in [-0.25, -0.2) is 4.79 Å². The highest BCUT2D eigenvalue weighted by molar-refractivity contribution is 7.98. The molecular formula is C24H34N6O7S. The summed E-state index contributed by atoms with van der Waals surface area (Å²) in [5.41, 5.74) is 12.3. The van der Waals surface area contributed by atoms with Crippen LogP contribution < -0.4 is 27.4 Å². The zero-order valence-electron chi connectivity index (χ0n) is 21.1. The number of amides is 4. The highest BCUT2D eigenvalue weighted by atomic mass is 32.2. The molecule has 1 heterocycles. The maximum atomic E-state index is 13.2. The monoisotopic (exact) mass is 550 g/mol. The molecule has 0 spiro atoms. The number of thioether (sulfide) groups is 1. The van der Waals surface area contributed by atoms with Crippen molar-refractivity contribution in [2.45, 2.75) is 56.5 Å². The Hall–Kier alpha value is -3.62. The molecule has 0 aliphatic heterocycles. The van der Waals surface area contributed by atoms with Gasteiger partial charge in [0.1, 0.15) is 24.2 Å². The SMILES string of the molecule is CSCCC(NC(=O)C(Cc1c[nH]c2ccccc12)NC(=O)C(CC(N)=O)NC(=O)C(N)C(C)O)C(=O)O. The number of carbonyl (C=O) groups is 5. The normalized spacial score (nSPS) is 15.1. The molecular weight excluding hydrogens is 516 g/mol. The minimum absolute atomic E-state index is 0.0269. The van der Waals surface area contributed by atoms with E-state index in [1.807, 2.05) is 18.2 Å². The highest BCUT2D eigenvalue weighted by Gasteiger charge is 2.32. The lowest BCUT2D eigenvalue weighted by Gasteiger charge is -2.25. The van der Waals surface area contributed by atoms with Crippen LogP contribution in [0.3, 0.4) is 0 Å². The number of aromatic amines is 1. The first-order valence-corrected chi connectivity index (χ1v) is 13.2. The fourth-order valence-corrected chi connectivity index (χ4v) is 4.14. The van der Waals surface area contributed by atoms with E-state index in [1.54, 1.807) is 18.5 Å². The predicted molar refractivity (Wildman–Crippen MR) is 142 cm³/mol. The summed E-state index contributed by atoms with van der Waals surface area (Å²) in [7, 11) is 0. The Bertz CT molecular complexity index is 1150. The number of para-hydroxylation sites is 1. The Morgan fingerprint density at radius 2 is 1.61 bits per heavy atom. The number of nitrogens with two attached hydrogens (primary N) is 2. The molecule has 0 saturated carbocycles. The average molecular weight is 551 g/mol. The molecule has 1 aromatic carbocycles. The number of hydrogen-bond donors (Lipinski definition) is 8. The molecule has 0 bridgehead atoms. The average Bonchev–Trinajstić information content (AvgIpc) is 3.27. The molecule has 0 fully saturated rings. The fourth-order valence-electron chi connectivity index (χ4n) is 3.66. The Balaban J connectivity index is 2.33. The molecule has 4 amide bonds. The molecule has 208 valence electrons. The van der Waals surface area contributed by atoms with Crippen molar-refractivity contribution in [3.05, 3.63) is 36.0 Å². The van der Waals surface area contributed by atoms with Crippen molar-refractivity contribution in [3.63, 3.8) is 0 Å². The number of carboxylic acid groups (broad SMARTS) is 1. The fraction of sp³-hybridized carbons (Fsp3) is 0.458. The summed E-state index contributed by atoms with van der Waals surface area (Å²) in [6, 6.07) is 1.96. The number of nitrogens with one attached hydrogen (secondary N) is 4. The molecule has 0 saturated heterocycles. The van der Waals surface area contributed by atoms with E-state index in [1.165, 1.54) is 18.7 Å². The smallest absolute Gasteiger partial charge is 0.326 e. The summed E-state index contributed by atoms with van der Waals surface area (Å²) in [5.74, 6) is -4.23. The van der Waals surface area contributed by atoms with E-state index in [0.29, 0.717) is 11.3 Å². The summed E-state index contributed by atoms with van der Waals surface area (Å²) >= 11 is 1.42. The van der Waals surface area contributed by atoms with Gasteiger partial charge in [-0.2, -0.15) is 11.8 Å². The number of aliphatic hydroxyl groups is 1. The first-order chi connectivity index (χ1) is 17.9. The van der Waals surface area contributed by atoms with Gasteiger partial charge < -0.3 is 42.6 Å². The van der Waals surface area contributed by atoms with E-state index in [-0.39, 0.29) is 12.8 Å². The van der Waals surface area contributed by atoms with Crippen molar-refractivity contribution < 1.29 is 34.2 Å². The van der Waals surface area contributed by atoms with Gasteiger partial charge in [-0.05, 0) is 37.0 Å². The Morgan fingerprint density at radius 3 is 2.21 bits per heavy atom. The lowest BCUT2D eigenvalue weighted by atomic mass is 10.0. The van der Waals surface area contributed by atoms with Crippen LogP contribution in [-0.2, 0) is 30.4 Å². The largest absolute Gasteiger partial charge is 0.480 e. The van der Waals surface area contributed by atoms with Crippen LogP contribution in [0.2, 0.25) is 0 Å². The summed E-state index contributed by atoms with van der Waals surface area (Å²) in [6.07, 6.45) is 1.77. The second kappa shape index (κ2) is 14.4. The van der Waals surface area contributed by atoms with Crippen LogP contribution >= 0.6 is 11.8 Å². The summed E-state index contributed by atoms with van der Waals surface area (Å²) in [4.78, 5) is 65.1. The number of carbonyl (C=O) groups excluding carboxylic acids is 4. The van der Waals surface area contributed by atoms with Crippen LogP contribution in [0.1, 0.15) is 25.3 Å². The van der Waals surface area contributed by atoms with Gasteiger partial charge in [0.2, 0.25) is 23.6 Å². The number of fused-ring (bicyclic) bond motifs is 1. The Labute approximate surface area is 223 Å². The predicted octanol–water partition coefficient (Wildman–Crippen LogP) is -1.41. The van der Waals surface area contributed by atoms with E-state index in [9.17, 15) is 34.2 Å². The lowest BCUT2D eigenvalue weighted by molar-refractivity contribution is -0.142. The third-order valence-corrected chi connectivity index (χ3v) is 6.46. The van der Waals surface area contributed by atoms with E-state index in [4.69, 9.17) is 11.5 Å². The number of carboxylic acids is 1. The number of aliphatic carboxylic acids is 1. The maximum absolute atomic E-state index is 13.2. The van der Waals surface area contributed by atoms with E-state index >= 15 is 0 Å². The third-order valence-electron chi connectivity index (χ3n) is 5.82. The first-order valence-electron chi connectivity index (χ1n) is 11.8. The van der Waals surface area contributed by atoms with Gasteiger partial charge >= 0.3 is 5.97 Å². The van der Waals surface area contributed by atoms with E-state index < -0.39 is 66.3 Å². The molecule has 10 N–H and O–H groups in total. The number of aromatic nitrogens is 1. The zero-order chi connectivity index (χ0) is 28.4. The van der Waals surface area contributed by atoms with Gasteiger partial charge in [-0.1, -0.05) is 18.2 Å². The van der Waals surface area contributed by atoms with Crippen molar-refractivity contribution in [3.8, 4) is 0 Å². The minimum Gasteiger partial charge on any atom is -0.480 e. The molecule has 1 aromatic heterocycles. The standard InChI is InChI=1S/C24H34N6O7S/c1-12(31)20(26)23(35)30-18(10-19(25)32)22(34)29-17(21(33)28-16(24(36)37)7-8-38-2)9-13-11-27-15-6-4-3-5-14(13)15/h3-6,11-12,16-18,20,27,31H,7-10,26H2,1-2H3,(H2,25,32)(H,28,33)(H,29,34)(H,30,35)(H,36,37). The van der Waals surface area contributed by atoms with Gasteiger partial charge in [-0.15, -0.1) is 0 Å². The number of benzene rings is 1. The molecule has 38 heavy (non-hydrogen) atoms. The first kappa shape index (κ1) is 30.6. The van der Waals surface area contributed by atoms with Gasteiger partial charge in [0, 0.05) is 23.5 Å². The van der Waals surface area contributed by atoms with Crippen molar-refractivity contribution in [1.82, 2.24) is 20.9 Å². The molecule has 0 aliphatic carbocycles. The number of primary amides is 1. The second-order valence-electron chi connectivity index (χ2n) is 8.80. The van der Waals surface area contributed by atoms with E-state index in [0.717, 1.165) is 10.9 Å². The van der Waals surface area contributed by atoms with Gasteiger partial charge in [0.15, 0.2) is 0 Å². The minimum atomic E-state index is -1.49. The zero-order valence-corrected chi connectivity index (χ0v) is 21.9. The van der Waals surface area contributed by atoms with Crippen LogP contribution in [0.5, 0.6) is 0 Å². The van der Waals surface area contributed by atoms with Crippen LogP contribution in [0.4, 0.5) is 0 Å². The van der Waals surface area contributed by atoms with Crippen molar-refractivity contribution >= 4 is 52.3 Å². The molecule has 2 rings (SSSR count). The molecule has 0 radical (unpaired) electrons. The van der Waals surface area contributed by atoms with Crippen molar-refractivity contribution in [2.75, 3.05) is 12.0 Å². The summed E-state index contributed by atoms with van der Waals surface area (Å²) in [5, 5.41) is 27.2. The van der Waals surface area contributed by atoms with Crippen LogP contribution in [0.25, 0.3) is 10.9 Å². The summed E-state index contributed by atoms with van der Waals surface area (Å²) < 4.78 is 0. The van der Waals surface area contributed by atoms with Crippen molar-refractivity contribution in [1.29, 1.82) is 0 Å². The van der Waals surface area contributed by atoms with Gasteiger partial charge in [0.05, 0.1) is 12.5 Å².